The lowest BCUT2D eigenvalue weighted by Gasteiger charge is -2.49. The van der Waals surface area contributed by atoms with E-state index >= 15 is 0 Å². The van der Waals surface area contributed by atoms with Gasteiger partial charge < -0.3 is 4.74 Å². The van der Waals surface area contributed by atoms with Crippen LogP contribution in [0.2, 0.25) is 0 Å². The van der Waals surface area contributed by atoms with E-state index in [1.54, 1.807) is 6.92 Å². The second kappa shape index (κ2) is 6.30. The zero-order valence-corrected chi connectivity index (χ0v) is 13.8. The lowest BCUT2D eigenvalue weighted by atomic mass is 9.70. The van der Waals surface area contributed by atoms with Crippen LogP contribution in [0.4, 0.5) is 22.0 Å². The Morgan fingerprint density at radius 2 is 1.78 bits per heavy atom. The van der Waals surface area contributed by atoms with E-state index in [1.807, 2.05) is 0 Å². The highest BCUT2D eigenvalue weighted by Crippen LogP contribution is 2.53. The zero-order valence-electron chi connectivity index (χ0n) is 12.3. The average molecular weight is 383 g/mol. The molecule has 0 spiro atoms. The van der Waals surface area contributed by atoms with Gasteiger partial charge in [-0.15, -0.1) is 0 Å². The summed E-state index contributed by atoms with van der Waals surface area (Å²) in [6, 6.07) is 0. The average Bonchev–Trinajstić information content (AvgIpc) is 2.45. The highest BCUT2D eigenvalue weighted by atomic mass is 35.5. The maximum absolute atomic E-state index is 13.6. The first-order valence-corrected chi connectivity index (χ1v) is 8.19. The summed E-state index contributed by atoms with van der Waals surface area (Å²) >= 11 is 11.9. The van der Waals surface area contributed by atoms with Crippen molar-refractivity contribution in [3.05, 3.63) is 0 Å². The minimum absolute atomic E-state index is 0.0656. The molecule has 1 aliphatic carbocycles. The molecule has 2 nitrogen and oxygen atoms in total. The molecule has 0 amide bonds. The topological polar surface area (TPSA) is 26.3 Å². The van der Waals surface area contributed by atoms with Gasteiger partial charge in [-0.3, -0.25) is 4.79 Å². The molecule has 3 aliphatic rings. The number of ketones is 1. The van der Waals surface area contributed by atoms with E-state index in [1.165, 1.54) is 0 Å². The van der Waals surface area contributed by atoms with Crippen LogP contribution in [0.5, 0.6) is 0 Å². The number of hydrogen-bond donors (Lipinski definition) is 0. The maximum atomic E-state index is 13.6. The Kier molecular flexibility index (Phi) is 5.26. The van der Waals surface area contributed by atoms with Gasteiger partial charge in [-0.05, 0) is 31.6 Å². The normalized spacial score (nSPS) is 32.2. The van der Waals surface area contributed by atoms with Crippen LogP contribution in [0.1, 0.15) is 39.0 Å². The first-order chi connectivity index (χ1) is 10.4. The van der Waals surface area contributed by atoms with Crippen LogP contribution in [0.25, 0.3) is 0 Å². The van der Waals surface area contributed by atoms with E-state index in [0.29, 0.717) is 12.8 Å². The number of carbonyl (C=O) groups is 1. The van der Waals surface area contributed by atoms with E-state index < -0.39 is 52.7 Å². The summed E-state index contributed by atoms with van der Waals surface area (Å²) in [5.74, 6) is -8.19. The lowest BCUT2D eigenvalue weighted by molar-refractivity contribution is -0.330. The van der Waals surface area contributed by atoms with Crippen molar-refractivity contribution in [2.45, 2.75) is 67.7 Å². The number of carbonyl (C=O) groups excluding carboxylic acids is 1. The minimum Gasteiger partial charge on any atom is -0.366 e. The molecule has 23 heavy (non-hydrogen) atoms. The molecular weight excluding hydrogens is 366 g/mol. The molecule has 2 saturated heterocycles. The van der Waals surface area contributed by atoms with Gasteiger partial charge in [-0.2, -0.15) is 22.0 Å². The maximum Gasteiger partial charge on any atom is 0.453 e. The van der Waals surface area contributed by atoms with E-state index in [2.05, 4.69) is 0 Å². The fourth-order valence-electron chi connectivity index (χ4n) is 3.43. The molecule has 3 rings (SSSR count). The van der Waals surface area contributed by atoms with E-state index in [0.717, 1.165) is 0 Å². The number of fused-ring (bicyclic) bond motifs is 3. The Bertz CT molecular complexity index is 467. The highest BCUT2D eigenvalue weighted by molar-refractivity contribution is 6.58. The van der Waals surface area contributed by atoms with Gasteiger partial charge in [0.25, 0.3) is 0 Å². The van der Waals surface area contributed by atoms with Crippen LogP contribution < -0.4 is 0 Å². The molecule has 2 heterocycles. The second-order valence-corrected chi connectivity index (χ2v) is 7.70. The number of ether oxygens (including phenoxy) is 1. The molecule has 2 bridgehead atoms. The van der Waals surface area contributed by atoms with E-state index in [4.69, 9.17) is 27.9 Å². The van der Waals surface area contributed by atoms with Crippen molar-refractivity contribution in [2.24, 2.45) is 11.8 Å². The van der Waals surface area contributed by atoms with Crippen molar-refractivity contribution in [2.75, 3.05) is 0 Å². The molecule has 4 atom stereocenters. The molecular formula is C14H17Cl2F5O2. The van der Waals surface area contributed by atoms with Crippen LogP contribution in [0, 0.1) is 11.8 Å². The van der Waals surface area contributed by atoms with Crippen molar-refractivity contribution >= 4 is 29.0 Å². The Morgan fingerprint density at radius 1 is 1.17 bits per heavy atom. The van der Waals surface area contributed by atoms with Gasteiger partial charge in [0.15, 0.2) is 10.1 Å². The standard InChI is InChI=1S/C14H17Cl2F5O2/c1-2-5-12(15,16)11(22)10-7-3-4-9(23-10)8(6-7)13(17,18)14(19,20)21/h7-10H,2-6H2,1H3. The summed E-state index contributed by atoms with van der Waals surface area (Å²) in [6.07, 6.45) is -7.40. The summed E-state index contributed by atoms with van der Waals surface area (Å²) in [5.41, 5.74) is 0. The van der Waals surface area contributed by atoms with Gasteiger partial charge in [0.2, 0.25) is 0 Å². The molecule has 0 aromatic heterocycles. The van der Waals surface area contributed by atoms with Crippen molar-refractivity contribution in [3.63, 3.8) is 0 Å². The number of halogens is 7. The fourth-order valence-corrected chi connectivity index (χ4v) is 4.02. The number of alkyl halides is 7. The molecule has 134 valence electrons. The molecule has 9 heteroatoms. The third-order valence-corrected chi connectivity index (χ3v) is 5.35. The molecule has 1 saturated carbocycles. The lowest BCUT2D eigenvalue weighted by Crippen LogP contribution is -2.59. The molecule has 0 radical (unpaired) electrons. The Hall–Kier alpha value is -0.140. The monoisotopic (exact) mass is 382 g/mol. The highest BCUT2D eigenvalue weighted by Gasteiger charge is 2.67. The number of rotatable bonds is 5. The third-order valence-electron chi connectivity index (χ3n) is 4.60. The van der Waals surface area contributed by atoms with Crippen LogP contribution in [-0.4, -0.2) is 34.4 Å². The van der Waals surface area contributed by atoms with Gasteiger partial charge in [0.05, 0.1) is 12.0 Å². The van der Waals surface area contributed by atoms with Crippen LogP contribution in [0.15, 0.2) is 0 Å². The van der Waals surface area contributed by atoms with Gasteiger partial charge in [-0.1, -0.05) is 36.5 Å². The summed E-state index contributed by atoms with van der Waals surface area (Å²) in [7, 11) is 0. The van der Waals surface area contributed by atoms with Crippen molar-refractivity contribution in [1.82, 2.24) is 0 Å². The quantitative estimate of drug-likeness (QED) is 0.498. The molecule has 0 N–H and O–H groups in total. The van der Waals surface area contributed by atoms with E-state index in [9.17, 15) is 26.7 Å². The summed E-state index contributed by atoms with van der Waals surface area (Å²) in [4.78, 5) is 12.4. The van der Waals surface area contributed by atoms with Crippen molar-refractivity contribution < 1.29 is 31.5 Å². The van der Waals surface area contributed by atoms with E-state index in [-0.39, 0.29) is 12.8 Å². The van der Waals surface area contributed by atoms with Crippen molar-refractivity contribution in [1.29, 1.82) is 0 Å². The smallest absolute Gasteiger partial charge is 0.366 e. The van der Waals surface area contributed by atoms with Gasteiger partial charge in [0, 0.05) is 0 Å². The van der Waals surface area contributed by atoms with Gasteiger partial charge in [0.1, 0.15) is 6.10 Å². The summed E-state index contributed by atoms with van der Waals surface area (Å²) < 4.78 is 68.5. The van der Waals surface area contributed by atoms with Gasteiger partial charge in [-0.25, -0.2) is 0 Å². The van der Waals surface area contributed by atoms with Crippen LogP contribution in [-0.2, 0) is 9.53 Å². The predicted octanol–water partition coefficient (Wildman–Crippen LogP) is 4.91. The molecule has 3 fully saturated rings. The fraction of sp³-hybridized carbons (Fsp3) is 0.929. The van der Waals surface area contributed by atoms with Gasteiger partial charge >= 0.3 is 12.1 Å². The Labute approximate surface area is 140 Å². The third kappa shape index (κ3) is 3.47. The molecule has 2 aliphatic heterocycles. The first-order valence-electron chi connectivity index (χ1n) is 7.44. The SMILES string of the molecule is CCCC(Cl)(Cl)C(=O)C1OC2CCC1CC2C(F)(F)C(F)(F)F. The molecule has 4 unspecified atom stereocenters. The van der Waals surface area contributed by atoms with Crippen LogP contribution in [0.3, 0.4) is 0 Å². The largest absolute Gasteiger partial charge is 0.453 e. The Morgan fingerprint density at radius 3 is 2.22 bits per heavy atom. The molecule has 0 aromatic rings. The summed E-state index contributed by atoms with van der Waals surface area (Å²) in [5, 5.41) is 0. The second-order valence-electron chi connectivity index (χ2n) is 6.21. The number of hydrogen-bond acceptors (Lipinski definition) is 2. The zero-order chi connectivity index (χ0) is 17.6. The predicted molar refractivity (Wildman–Crippen MR) is 74.8 cm³/mol. The van der Waals surface area contributed by atoms with Crippen LogP contribution >= 0.6 is 23.2 Å². The minimum atomic E-state index is -5.64. The number of Topliss-reactive ketones (excluding diaryl/α,β-unsaturated/α-hetero) is 1. The summed E-state index contributed by atoms with van der Waals surface area (Å²) in [6.45, 7) is 1.76. The first kappa shape index (κ1) is 19.2. The Balaban J connectivity index is 2.16. The van der Waals surface area contributed by atoms with Crippen molar-refractivity contribution in [3.8, 4) is 0 Å². The molecule has 0 aromatic carbocycles.